The lowest BCUT2D eigenvalue weighted by Crippen LogP contribution is -2.49. The molecule has 2 fully saturated rings. The first-order valence-electron chi connectivity index (χ1n) is 6.84. The summed E-state index contributed by atoms with van der Waals surface area (Å²) >= 11 is 0. The number of hydrogen-bond acceptors (Lipinski definition) is 4. The highest BCUT2D eigenvalue weighted by Gasteiger charge is 2.47. The minimum Gasteiger partial charge on any atom is -0.390 e. The van der Waals surface area contributed by atoms with Crippen LogP contribution >= 0.6 is 0 Å². The molecule has 0 aromatic rings. The number of rotatable bonds is 4. The van der Waals surface area contributed by atoms with Crippen molar-refractivity contribution < 1.29 is 14.6 Å². The highest BCUT2D eigenvalue weighted by molar-refractivity contribution is 4.95. The Morgan fingerprint density at radius 1 is 1.18 bits per heavy atom. The van der Waals surface area contributed by atoms with E-state index in [0.717, 1.165) is 38.5 Å². The van der Waals surface area contributed by atoms with E-state index in [1.54, 1.807) is 0 Å². The van der Waals surface area contributed by atoms with E-state index in [9.17, 15) is 5.11 Å². The average molecular weight is 243 g/mol. The van der Waals surface area contributed by atoms with Crippen LogP contribution in [0.2, 0.25) is 0 Å². The van der Waals surface area contributed by atoms with Crippen molar-refractivity contribution in [3.8, 4) is 0 Å². The molecule has 0 aromatic heterocycles. The Kier molecular flexibility index (Phi) is 4.08. The molecule has 2 aliphatic rings. The fourth-order valence-corrected chi connectivity index (χ4v) is 3.21. The van der Waals surface area contributed by atoms with Crippen LogP contribution in [0.5, 0.6) is 0 Å². The van der Waals surface area contributed by atoms with Gasteiger partial charge in [0.2, 0.25) is 0 Å². The van der Waals surface area contributed by atoms with Gasteiger partial charge in [-0.25, -0.2) is 0 Å². The molecule has 4 nitrogen and oxygen atoms in total. The molecule has 17 heavy (non-hydrogen) atoms. The largest absolute Gasteiger partial charge is 0.390 e. The third kappa shape index (κ3) is 2.65. The van der Waals surface area contributed by atoms with Gasteiger partial charge in [-0.3, -0.25) is 0 Å². The van der Waals surface area contributed by atoms with Gasteiger partial charge in [-0.05, 0) is 31.7 Å². The van der Waals surface area contributed by atoms with Crippen molar-refractivity contribution in [3.63, 3.8) is 0 Å². The van der Waals surface area contributed by atoms with Crippen molar-refractivity contribution in [1.82, 2.24) is 0 Å². The molecule has 1 unspecified atom stereocenters. The molecule has 0 radical (unpaired) electrons. The van der Waals surface area contributed by atoms with E-state index in [1.165, 1.54) is 0 Å². The van der Waals surface area contributed by atoms with Gasteiger partial charge in [-0.2, -0.15) is 0 Å². The van der Waals surface area contributed by atoms with E-state index in [4.69, 9.17) is 15.2 Å². The Hall–Kier alpha value is -0.160. The first kappa shape index (κ1) is 13.3. The molecule has 1 aliphatic carbocycles. The smallest absolute Gasteiger partial charge is 0.168 e. The van der Waals surface area contributed by atoms with Crippen LogP contribution in [-0.2, 0) is 9.47 Å². The van der Waals surface area contributed by atoms with Crippen LogP contribution < -0.4 is 5.73 Å². The molecule has 1 heterocycles. The van der Waals surface area contributed by atoms with Gasteiger partial charge in [0.05, 0.1) is 18.8 Å². The Labute approximate surface area is 103 Å². The summed E-state index contributed by atoms with van der Waals surface area (Å²) < 4.78 is 11.4. The molecule has 0 amide bonds. The second-order valence-corrected chi connectivity index (χ2v) is 5.43. The van der Waals surface area contributed by atoms with Gasteiger partial charge in [0.25, 0.3) is 0 Å². The minimum atomic E-state index is -0.606. The highest BCUT2D eigenvalue weighted by atomic mass is 16.7. The monoisotopic (exact) mass is 243 g/mol. The maximum absolute atomic E-state index is 10.7. The summed E-state index contributed by atoms with van der Waals surface area (Å²) in [5.41, 5.74) is 5.19. The van der Waals surface area contributed by atoms with E-state index in [-0.39, 0.29) is 5.92 Å². The molecule has 1 saturated carbocycles. The van der Waals surface area contributed by atoms with Crippen LogP contribution in [0.15, 0.2) is 0 Å². The summed E-state index contributed by atoms with van der Waals surface area (Å²) in [6.07, 6.45) is 5.15. The van der Waals surface area contributed by atoms with Gasteiger partial charge < -0.3 is 20.3 Å². The van der Waals surface area contributed by atoms with Gasteiger partial charge >= 0.3 is 0 Å². The lowest BCUT2D eigenvalue weighted by atomic mass is 9.72. The van der Waals surface area contributed by atoms with Crippen LogP contribution in [0.4, 0.5) is 0 Å². The summed E-state index contributed by atoms with van der Waals surface area (Å²) in [4.78, 5) is 0. The summed E-state index contributed by atoms with van der Waals surface area (Å²) in [5.74, 6) is -0.177. The number of hydrogen-bond donors (Lipinski definition) is 2. The fourth-order valence-electron chi connectivity index (χ4n) is 3.21. The van der Waals surface area contributed by atoms with Crippen molar-refractivity contribution in [3.05, 3.63) is 0 Å². The van der Waals surface area contributed by atoms with Gasteiger partial charge in [0.1, 0.15) is 0 Å². The van der Waals surface area contributed by atoms with E-state index in [1.807, 2.05) is 0 Å². The molecule has 3 N–H and O–H groups in total. The third-order valence-corrected chi connectivity index (χ3v) is 4.37. The molecule has 2 rings (SSSR count). The van der Waals surface area contributed by atoms with Crippen LogP contribution in [0.1, 0.15) is 45.4 Å². The lowest BCUT2D eigenvalue weighted by molar-refractivity contribution is -0.210. The van der Waals surface area contributed by atoms with E-state index >= 15 is 0 Å². The number of aliphatic hydroxyl groups is 1. The second kappa shape index (κ2) is 5.22. The zero-order valence-electron chi connectivity index (χ0n) is 10.8. The molecule has 1 spiro atoms. The first-order valence-corrected chi connectivity index (χ1v) is 6.84. The molecule has 4 heteroatoms. The highest BCUT2D eigenvalue weighted by Crippen LogP contribution is 2.43. The zero-order valence-corrected chi connectivity index (χ0v) is 10.8. The predicted octanol–water partition coefficient (Wildman–Crippen LogP) is 1.41. The quantitative estimate of drug-likeness (QED) is 0.783. The molecule has 1 saturated heterocycles. The van der Waals surface area contributed by atoms with Crippen molar-refractivity contribution in [2.75, 3.05) is 19.8 Å². The fraction of sp³-hybridized carbons (Fsp3) is 1.00. The molecule has 1 aliphatic heterocycles. The maximum atomic E-state index is 10.7. The van der Waals surface area contributed by atoms with Crippen molar-refractivity contribution in [1.29, 1.82) is 0 Å². The van der Waals surface area contributed by atoms with Crippen molar-refractivity contribution in [2.45, 2.75) is 56.8 Å². The second-order valence-electron chi connectivity index (χ2n) is 5.43. The van der Waals surface area contributed by atoms with Gasteiger partial charge in [0.15, 0.2) is 5.79 Å². The van der Waals surface area contributed by atoms with Crippen molar-refractivity contribution >= 4 is 0 Å². The van der Waals surface area contributed by atoms with Gasteiger partial charge in [-0.1, -0.05) is 13.3 Å². The zero-order chi connectivity index (χ0) is 12.4. The lowest BCUT2D eigenvalue weighted by Gasteiger charge is -2.44. The summed E-state index contributed by atoms with van der Waals surface area (Å²) in [6, 6.07) is 0. The number of ether oxygens (including phenoxy) is 2. The Morgan fingerprint density at radius 2 is 1.76 bits per heavy atom. The molecule has 0 aromatic carbocycles. The predicted molar refractivity (Wildman–Crippen MR) is 65.5 cm³/mol. The van der Waals surface area contributed by atoms with Gasteiger partial charge in [-0.15, -0.1) is 0 Å². The van der Waals surface area contributed by atoms with E-state index < -0.39 is 11.4 Å². The van der Waals surface area contributed by atoms with Crippen molar-refractivity contribution in [2.24, 2.45) is 11.7 Å². The normalized spacial score (nSPS) is 28.4. The maximum Gasteiger partial charge on any atom is 0.168 e. The molecular weight excluding hydrogens is 218 g/mol. The standard InChI is InChI=1S/C13H25NO3/c1-2-3-11(10-14)12(15)4-6-13(7-5-12)16-8-9-17-13/h11,15H,2-10,14H2,1H3. The Bertz CT molecular complexity index is 241. The van der Waals surface area contributed by atoms with Gasteiger partial charge in [0, 0.05) is 12.8 Å². The van der Waals surface area contributed by atoms with Crippen LogP contribution in [0.25, 0.3) is 0 Å². The average Bonchev–Trinajstić information content (AvgIpc) is 2.79. The summed E-state index contributed by atoms with van der Waals surface area (Å²) in [7, 11) is 0. The summed E-state index contributed by atoms with van der Waals surface area (Å²) in [6.45, 7) is 4.08. The number of nitrogens with two attached hydrogens (primary N) is 1. The Morgan fingerprint density at radius 3 is 2.24 bits per heavy atom. The molecule has 0 bridgehead atoms. The Balaban J connectivity index is 1.95. The van der Waals surface area contributed by atoms with E-state index in [0.29, 0.717) is 19.8 Å². The SMILES string of the molecule is CCCC(CN)C1(O)CCC2(CC1)OCCO2. The topological polar surface area (TPSA) is 64.7 Å². The minimum absolute atomic E-state index is 0.214. The van der Waals surface area contributed by atoms with E-state index in [2.05, 4.69) is 6.92 Å². The van der Waals surface area contributed by atoms with Crippen LogP contribution in [-0.4, -0.2) is 36.3 Å². The van der Waals surface area contributed by atoms with Crippen LogP contribution in [0, 0.1) is 5.92 Å². The van der Waals surface area contributed by atoms with Crippen LogP contribution in [0.3, 0.4) is 0 Å². The third-order valence-electron chi connectivity index (χ3n) is 4.37. The summed E-state index contributed by atoms with van der Waals surface area (Å²) in [5, 5.41) is 10.7. The first-order chi connectivity index (χ1) is 8.14. The molecule has 100 valence electrons. The molecule has 1 atom stereocenters. The molecular formula is C13H25NO3.